The zero-order chi connectivity index (χ0) is 19.2. The molecule has 0 fully saturated rings. The fraction of sp³-hybridized carbons (Fsp3) is 0.333. The number of benzene rings is 2. The molecule has 0 spiro atoms. The Bertz CT molecular complexity index is 816. The number of Topliss-reactive ketones (excluding diaryl/α,β-unsaturated/α-hetero) is 1. The van der Waals surface area contributed by atoms with E-state index in [1.165, 1.54) is 0 Å². The van der Waals surface area contributed by atoms with Crippen molar-refractivity contribution >= 4 is 11.7 Å². The van der Waals surface area contributed by atoms with Gasteiger partial charge in [0.25, 0.3) is 0 Å². The predicted octanol–water partition coefficient (Wildman–Crippen LogP) is 3.44. The van der Waals surface area contributed by atoms with Crippen LogP contribution in [0.2, 0.25) is 0 Å². The molecule has 1 heterocycles. The first-order chi connectivity index (χ1) is 13.1. The summed E-state index contributed by atoms with van der Waals surface area (Å²) in [4.78, 5) is 26.3. The van der Waals surface area contributed by atoms with Gasteiger partial charge >= 0.3 is 0 Å². The summed E-state index contributed by atoms with van der Waals surface area (Å²) >= 11 is 0. The molecule has 0 N–H and O–H groups in total. The van der Waals surface area contributed by atoms with Gasteiger partial charge in [0.15, 0.2) is 17.3 Å². The lowest BCUT2D eigenvalue weighted by Crippen LogP contribution is -2.26. The molecule has 0 bridgehead atoms. The van der Waals surface area contributed by atoms with E-state index < -0.39 is 0 Å². The van der Waals surface area contributed by atoms with Gasteiger partial charge in [0.05, 0.1) is 6.61 Å². The van der Waals surface area contributed by atoms with Gasteiger partial charge in [0, 0.05) is 32.0 Å². The van der Waals surface area contributed by atoms with Crippen LogP contribution in [0.15, 0.2) is 42.5 Å². The minimum absolute atomic E-state index is 0.0529. The quantitative estimate of drug-likeness (QED) is 0.667. The highest BCUT2D eigenvalue weighted by Crippen LogP contribution is 2.32. The standard InChI is InChI=1S/C21H23NO5/c1-3-25-17-7-5-16(6-8-17)18(23)9-11-21(24)22(2)13-15-4-10-19-20(12-15)27-14-26-19/h4-8,10,12H,3,9,11,13-14H2,1-2H3. The van der Waals surface area contributed by atoms with E-state index in [9.17, 15) is 9.59 Å². The largest absolute Gasteiger partial charge is 0.494 e. The average molecular weight is 369 g/mol. The Morgan fingerprint density at radius 2 is 1.78 bits per heavy atom. The zero-order valence-corrected chi connectivity index (χ0v) is 15.6. The monoisotopic (exact) mass is 369 g/mol. The lowest BCUT2D eigenvalue weighted by molar-refractivity contribution is -0.130. The molecule has 6 heteroatoms. The van der Waals surface area contributed by atoms with Crippen LogP contribution in [0.3, 0.4) is 0 Å². The molecule has 0 radical (unpaired) electrons. The molecule has 0 saturated heterocycles. The van der Waals surface area contributed by atoms with Gasteiger partial charge in [-0.2, -0.15) is 0 Å². The Morgan fingerprint density at radius 1 is 1.04 bits per heavy atom. The second-order valence-corrected chi connectivity index (χ2v) is 6.32. The average Bonchev–Trinajstić information content (AvgIpc) is 3.14. The van der Waals surface area contributed by atoms with Gasteiger partial charge in [0.2, 0.25) is 12.7 Å². The molecule has 6 nitrogen and oxygen atoms in total. The SMILES string of the molecule is CCOc1ccc(C(=O)CCC(=O)N(C)Cc2ccc3c(c2)OCO3)cc1. The van der Waals surface area contributed by atoms with E-state index in [1.54, 1.807) is 36.2 Å². The number of ketones is 1. The van der Waals surface area contributed by atoms with Crippen molar-refractivity contribution in [2.75, 3.05) is 20.4 Å². The van der Waals surface area contributed by atoms with Crippen LogP contribution >= 0.6 is 0 Å². The van der Waals surface area contributed by atoms with Gasteiger partial charge in [-0.15, -0.1) is 0 Å². The lowest BCUT2D eigenvalue weighted by Gasteiger charge is -2.17. The van der Waals surface area contributed by atoms with Gasteiger partial charge in [-0.25, -0.2) is 0 Å². The minimum atomic E-state index is -0.0769. The van der Waals surface area contributed by atoms with Gasteiger partial charge in [0.1, 0.15) is 5.75 Å². The van der Waals surface area contributed by atoms with Gasteiger partial charge in [-0.1, -0.05) is 6.07 Å². The molecule has 0 atom stereocenters. The Hall–Kier alpha value is -3.02. The molecule has 0 unspecified atom stereocenters. The lowest BCUT2D eigenvalue weighted by atomic mass is 10.1. The van der Waals surface area contributed by atoms with Crippen molar-refractivity contribution in [3.8, 4) is 17.2 Å². The van der Waals surface area contributed by atoms with E-state index in [1.807, 2.05) is 25.1 Å². The Balaban J connectivity index is 1.50. The molecule has 2 aromatic rings. The highest BCUT2D eigenvalue weighted by Gasteiger charge is 2.16. The van der Waals surface area contributed by atoms with Gasteiger partial charge < -0.3 is 19.1 Å². The smallest absolute Gasteiger partial charge is 0.231 e. The molecule has 2 aromatic carbocycles. The van der Waals surface area contributed by atoms with E-state index in [2.05, 4.69) is 0 Å². The first kappa shape index (κ1) is 18.8. The van der Waals surface area contributed by atoms with E-state index in [4.69, 9.17) is 14.2 Å². The fourth-order valence-electron chi connectivity index (χ4n) is 2.86. The second-order valence-electron chi connectivity index (χ2n) is 6.32. The number of amides is 1. The van der Waals surface area contributed by atoms with Crippen molar-refractivity contribution in [1.29, 1.82) is 0 Å². The summed E-state index contributed by atoms with van der Waals surface area (Å²) in [6.45, 7) is 3.16. The molecule has 1 aliphatic heterocycles. The Kier molecular flexibility index (Phi) is 5.96. The normalized spacial score (nSPS) is 11.9. The summed E-state index contributed by atoms with van der Waals surface area (Å²) in [5, 5.41) is 0. The predicted molar refractivity (Wildman–Crippen MR) is 100 cm³/mol. The van der Waals surface area contributed by atoms with E-state index in [0.29, 0.717) is 30.2 Å². The van der Waals surface area contributed by atoms with Crippen molar-refractivity contribution < 1.29 is 23.8 Å². The maximum absolute atomic E-state index is 12.4. The molecule has 142 valence electrons. The van der Waals surface area contributed by atoms with Gasteiger partial charge in [-0.3, -0.25) is 9.59 Å². The van der Waals surface area contributed by atoms with Crippen LogP contribution in [0.25, 0.3) is 0 Å². The molecule has 1 aliphatic rings. The van der Waals surface area contributed by atoms with Crippen LogP contribution in [-0.2, 0) is 11.3 Å². The second kappa shape index (κ2) is 8.58. The van der Waals surface area contributed by atoms with Crippen LogP contribution in [0.5, 0.6) is 17.2 Å². The van der Waals surface area contributed by atoms with Crippen LogP contribution in [-0.4, -0.2) is 37.0 Å². The number of hydrogen-bond acceptors (Lipinski definition) is 5. The third kappa shape index (κ3) is 4.78. The molecular formula is C21H23NO5. The third-order valence-corrected chi connectivity index (χ3v) is 4.34. The van der Waals surface area contributed by atoms with Crippen molar-refractivity contribution in [1.82, 2.24) is 4.90 Å². The minimum Gasteiger partial charge on any atom is -0.494 e. The summed E-state index contributed by atoms with van der Waals surface area (Å²) in [6, 6.07) is 12.6. The maximum atomic E-state index is 12.4. The summed E-state index contributed by atoms with van der Waals surface area (Å²) in [5.74, 6) is 2.01. The van der Waals surface area contributed by atoms with E-state index in [0.717, 1.165) is 11.3 Å². The molecule has 0 saturated carbocycles. The number of carbonyl (C=O) groups is 2. The zero-order valence-electron chi connectivity index (χ0n) is 15.6. The van der Waals surface area contributed by atoms with Crippen LogP contribution in [0.4, 0.5) is 0 Å². The number of carbonyl (C=O) groups excluding carboxylic acids is 2. The molecule has 27 heavy (non-hydrogen) atoms. The highest BCUT2D eigenvalue weighted by molar-refractivity contribution is 5.98. The third-order valence-electron chi connectivity index (χ3n) is 4.34. The number of ether oxygens (including phenoxy) is 3. The first-order valence-corrected chi connectivity index (χ1v) is 8.95. The van der Waals surface area contributed by atoms with Crippen molar-refractivity contribution in [2.24, 2.45) is 0 Å². The first-order valence-electron chi connectivity index (χ1n) is 8.95. The summed E-state index contributed by atoms with van der Waals surface area (Å²) in [7, 11) is 1.73. The topological polar surface area (TPSA) is 65.1 Å². The molecule has 1 amide bonds. The number of rotatable bonds is 8. The molecule has 0 aromatic heterocycles. The van der Waals surface area contributed by atoms with Crippen LogP contribution in [0.1, 0.15) is 35.7 Å². The van der Waals surface area contributed by atoms with Crippen molar-refractivity contribution in [2.45, 2.75) is 26.3 Å². The summed E-state index contributed by atoms with van der Waals surface area (Å²) in [6.07, 6.45) is 0.353. The summed E-state index contributed by atoms with van der Waals surface area (Å²) in [5.41, 5.74) is 1.54. The van der Waals surface area contributed by atoms with Crippen LogP contribution in [0, 0.1) is 0 Å². The fourth-order valence-corrected chi connectivity index (χ4v) is 2.86. The number of fused-ring (bicyclic) bond motifs is 1. The molecule has 3 rings (SSSR count). The highest BCUT2D eigenvalue weighted by atomic mass is 16.7. The Labute approximate surface area is 158 Å². The van der Waals surface area contributed by atoms with Gasteiger partial charge in [-0.05, 0) is 48.9 Å². The summed E-state index contributed by atoms with van der Waals surface area (Å²) < 4.78 is 16.0. The number of nitrogens with zero attached hydrogens (tertiary/aromatic N) is 1. The Morgan fingerprint density at radius 3 is 2.52 bits per heavy atom. The van der Waals surface area contributed by atoms with Crippen molar-refractivity contribution in [3.63, 3.8) is 0 Å². The van der Waals surface area contributed by atoms with E-state index in [-0.39, 0.29) is 31.3 Å². The molecular weight excluding hydrogens is 346 g/mol. The number of hydrogen-bond donors (Lipinski definition) is 0. The van der Waals surface area contributed by atoms with Crippen molar-refractivity contribution in [3.05, 3.63) is 53.6 Å². The van der Waals surface area contributed by atoms with Crippen LogP contribution < -0.4 is 14.2 Å². The molecule has 0 aliphatic carbocycles. The maximum Gasteiger partial charge on any atom is 0.231 e. The van der Waals surface area contributed by atoms with E-state index >= 15 is 0 Å².